The van der Waals surface area contributed by atoms with Gasteiger partial charge in [-0.05, 0) is 10.0 Å². The van der Waals surface area contributed by atoms with Crippen molar-refractivity contribution in [2.75, 3.05) is 7.11 Å². The van der Waals surface area contributed by atoms with E-state index in [1.807, 2.05) is 30.3 Å². The van der Waals surface area contributed by atoms with Gasteiger partial charge in [-0.1, -0.05) is 52.8 Å². The molecule has 24 heavy (non-hydrogen) atoms. The molecule has 0 aliphatic heterocycles. The predicted molar refractivity (Wildman–Crippen MR) is 94.4 cm³/mol. The highest BCUT2D eigenvalue weighted by atomic mass is 79.9. The lowest BCUT2D eigenvalue weighted by atomic mass is 10.0. The fraction of sp³-hybridized carbons (Fsp3) is 0.353. The van der Waals surface area contributed by atoms with Gasteiger partial charge in [0, 0.05) is 19.8 Å². The van der Waals surface area contributed by atoms with E-state index in [9.17, 15) is 14.4 Å². The number of nitrogens with one attached hydrogen (secondary N) is 2. The Bertz CT molecular complexity index is 604. The van der Waals surface area contributed by atoms with Crippen LogP contribution >= 0.6 is 15.9 Å². The third kappa shape index (κ3) is 6.95. The van der Waals surface area contributed by atoms with Crippen molar-refractivity contribution in [3.05, 3.63) is 47.0 Å². The van der Waals surface area contributed by atoms with Crippen LogP contribution in [-0.2, 0) is 25.5 Å². The number of ether oxygens (including phenoxy) is 1. The Hall–Kier alpha value is -2.15. The van der Waals surface area contributed by atoms with Crippen molar-refractivity contribution in [3.63, 3.8) is 0 Å². The summed E-state index contributed by atoms with van der Waals surface area (Å²) in [6.07, 6.45) is 0.506. The number of rotatable bonds is 8. The van der Waals surface area contributed by atoms with Gasteiger partial charge >= 0.3 is 5.97 Å². The highest BCUT2D eigenvalue weighted by Crippen LogP contribution is 2.12. The molecule has 130 valence electrons. The molecule has 0 bridgehead atoms. The third-order valence-corrected chi connectivity index (χ3v) is 3.53. The van der Waals surface area contributed by atoms with Crippen LogP contribution < -0.4 is 10.6 Å². The summed E-state index contributed by atoms with van der Waals surface area (Å²) < 4.78 is 5.24. The SMILES string of the molecule is C=C(Br)C[C@H](NC(=O)[C@@H](Cc1ccccc1)NC(C)=O)C(=O)OC. The van der Waals surface area contributed by atoms with Crippen LogP contribution in [0.2, 0.25) is 0 Å². The largest absolute Gasteiger partial charge is 0.467 e. The molecule has 2 N–H and O–H groups in total. The van der Waals surface area contributed by atoms with E-state index < -0.39 is 24.0 Å². The van der Waals surface area contributed by atoms with Crippen LogP contribution in [0.5, 0.6) is 0 Å². The van der Waals surface area contributed by atoms with E-state index in [-0.39, 0.29) is 12.3 Å². The van der Waals surface area contributed by atoms with Gasteiger partial charge in [-0.3, -0.25) is 9.59 Å². The fourth-order valence-corrected chi connectivity index (χ4v) is 2.46. The molecular formula is C17H21BrN2O4. The maximum absolute atomic E-state index is 12.5. The van der Waals surface area contributed by atoms with Crippen LogP contribution in [-0.4, -0.2) is 37.0 Å². The van der Waals surface area contributed by atoms with Gasteiger partial charge in [0.25, 0.3) is 0 Å². The summed E-state index contributed by atoms with van der Waals surface area (Å²) >= 11 is 3.17. The molecule has 0 saturated carbocycles. The van der Waals surface area contributed by atoms with Gasteiger partial charge in [-0.2, -0.15) is 0 Å². The smallest absolute Gasteiger partial charge is 0.328 e. The molecule has 6 nitrogen and oxygen atoms in total. The number of hydrogen-bond donors (Lipinski definition) is 2. The van der Waals surface area contributed by atoms with Crippen LogP contribution in [0, 0.1) is 0 Å². The molecule has 0 spiro atoms. The average molecular weight is 397 g/mol. The van der Waals surface area contributed by atoms with Crippen molar-refractivity contribution in [3.8, 4) is 0 Å². The molecule has 7 heteroatoms. The monoisotopic (exact) mass is 396 g/mol. The van der Waals surface area contributed by atoms with Crippen molar-refractivity contribution >= 4 is 33.7 Å². The number of methoxy groups -OCH3 is 1. The van der Waals surface area contributed by atoms with E-state index in [0.29, 0.717) is 10.9 Å². The minimum atomic E-state index is -0.874. The molecule has 0 radical (unpaired) electrons. The van der Waals surface area contributed by atoms with Gasteiger partial charge in [0.1, 0.15) is 12.1 Å². The summed E-state index contributed by atoms with van der Waals surface area (Å²) in [4.78, 5) is 35.7. The molecule has 0 aliphatic rings. The molecule has 0 unspecified atom stereocenters. The lowest BCUT2D eigenvalue weighted by Crippen LogP contribution is -2.52. The zero-order chi connectivity index (χ0) is 18.1. The lowest BCUT2D eigenvalue weighted by Gasteiger charge is -2.22. The van der Waals surface area contributed by atoms with E-state index in [1.54, 1.807) is 0 Å². The van der Waals surface area contributed by atoms with Crippen molar-refractivity contribution in [2.24, 2.45) is 0 Å². The zero-order valence-electron chi connectivity index (χ0n) is 13.7. The van der Waals surface area contributed by atoms with Gasteiger partial charge in [0.2, 0.25) is 11.8 Å². The molecular weight excluding hydrogens is 376 g/mol. The first kappa shape index (κ1) is 19.9. The van der Waals surface area contributed by atoms with Crippen molar-refractivity contribution in [2.45, 2.75) is 31.8 Å². The second-order valence-electron chi connectivity index (χ2n) is 5.25. The summed E-state index contributed by atoms with van der Waals surface area (Å²) in [7, 11) is 1.24. The van der Waals surface area contributed by atoms with Crippen molar-refractivity contribution in [1.29, 1.82) is 0 Å². The molecule has 1 rings (SSSR count). The van der Waals surface area contributed by atoms with Crippen LogP contribution in [0.4, 0.5) is 0 Å². The van der Waals surface area contributed by atoms with Crippen molar-refractivity contribution < 1.29 is 19.1 Å². The van der Waals surface area contributed by atoms with E-state index in [0.717, 1.165) is 5.56 Å². The molecule has 0 fully saturated rings. The van der Waals surface area contributed by atoms with Crippen LogP contribution in [0.1, 0.15) is 18.9 Å². The van der Waals surface area contributed by atoms with E-state index >= 15 is 0 Å². The molecule has 0 saturated heterocycles. The third-order valence-electron chi connectivity index (χ3n) is 3.20. The zero-order valence-corrected chi connectivity index (χ0v) is 15.3. The summed E-state index contributed by atoms with van der Waals surface area (Å²) in [6.45, 7) is 5.00. The van der Waals surface area contributed by atoms with Crippen LogP contribution in [0.3, 0.4) is 0 Å². The predicted octanol–water partition coefficient (Wildman–Crippen LogP) is 1.69. The summed E-state index contributed by atoms with van der Waals surface area (Å²) in [5, 5.41) is 5.21. The standard InChI is InChI=1S/C17H21BrN2O4/c1-11(18)9-15(17(23)24-3)20-16(22)14(19-12(2)21)10-13-7-5-4-6-8-13/h4-8,14-15H,1,9-10H2,2-3H3,(H,19,21)(H,20,22)/t14-,15+/m1/s1. The molecule has 0 aliphatic carbocycles. The molecule has 1 aromatic carbocycles. The first-order chi connectivity index (χ1) is 11.3. The average Bonchev–Trinajstić information content (AvgIpc) is 2.53. The van der Waals surface area contributed by atoms with E-state index in [2.05, 4.69) is 33.1 Å². The normalized spacial score (nSPS) is 12.6. The maximum Gasteiger partial charge on any atom is 0.328 e. The molecule has 1 aromatic rings. The highest BCUT2D eigenvalue weighted by Gasteiger charge is 2.27. The van der Waals surface area contributed by atoms with Crippen LogP contribution in [0.15, 0.2) is 41.4 Å². The number of halogens is 1. The first-order valence-corrected chi connectivity index (χ1v) is 8.15. The fourth-order valence-electron chi connectivity index (χ4n) is 2.13. The molecule has 0 heterocycles. The molecule has 0 aromatic heterocycles. The van der Waals surface area contributed by atoms with E-state index in [4.69, 9.17) is 4.74 Å². The summed E-state index contributed by atoms with van der Waals surface area (Å²) in [5.41, 5.74) is 0.894. The number of carbonyl (C=O) groups is 3. The van der Waals surface area contributed by atoms with Crippen molar-refractivity contribution in [1.82, 2.24) is 10.6 Å². The Labute approximate surface area is 149 Å². The van der Waals surface area contributed by atoms with E-state index in [1.165, 1.54) is 14.0 Å². The van der Waals surface area contributed by atoms with Gasteiger partial charge in [0.05, 0.1) is 7.11 Å². The quantitative estimate of drug-likeness (QED) is 0.654. The van der Waals surface area contributed by atoms with Gasteiger partial charge in [0.15, 0.2) is 0 Å². The Kier molecular flexibility index (Phi) is 8.18. The number of hydrogen-bond acceptors (Lipinski definition) is 4. The first-order valence-electron chi connectivity index (χ1n) is 7.36. The topological polar surface area (TPSA) is 84.5 Å². The number of benzene rings is 1. The Balaban J connectivity index is 2.87. The van der Waals surface area contributed by atoms with Gasteiger partial charge in [-0.25, -0.2) is 4.79 Å². The Morgan fingerprint density at radius 1 is 1.17 bits per heavy atom. The van der Waals surface area contributed by atoms with Gasteiger partial charge < -0.3 is 15.4 Å². The number of amides is 2. The minimum absolute atomic E-state index is 0.191. The highest BCUT2D eigenvalue weighted by molar-refractivity contribution is 9.11. The second kappa shape index (κ2) is 9.87. The second-order valence-corrected chi connectivity index (χ2v) is 6.37. The summed E-state index contributed by atoms with van der Waals surface area (Å²) in [6, 6.07) is 7.63. The number of carbonyl (C=O) groups excluding carboxylic acids is 3. The maximum atomic E-state index is 12.5. The lowest BCUT2D eigenvalue weighted by molar-refractivity contribution is -0.145. The minimum Gasteiger partial charge on any atom is -0.467 e. The number of esters is 1. The van der Waals surface area contributed by atoms with Gasteiger partial charge in [-0.15, -0.1) is 0 Å². The Morgan fingerprint density at radius 3 is 2.29 bits per heavy atom. The summed E-state index contributed by atoms with van der Waals surface area (Å²) in [5.74, 6) is -1.37. The Morgan fingerprint density at radius 2 is 1.79 bits per heavy atom. The van der Waals surface area contributed by atoms with Crippen LogP contribution in [0.25, 0.3) is 0 Å². The molecule has 2 amide bonds. The molecule has 2 atom stereocenters.